The second-order valence-corrected chi connectivity index (χ2v) is 5.99. The molecule has 2 aromatic rings. The van der Waals surface area contributed by atoms with Crippen molar-refractivity contribution in [1.82, 2.24) is 15.3 Å². The van der Waals surface area contributed by atoms with Gasteiger partial charge in [0.2, 0.25) is 0 Å². The number of aromatic nitrogens is 2. The van der Waals surface area contributed by atoms with Crippen LogP contribution < -0.4 is 5.32 Å². The van der Waals surface area contributed by atoms with E-state index in [-0.39, 0.29) is 0 Å². The van der Waals surface area contributed by atoms with Crippen LogP contribution in [0.5, 0.6) is 0 Å². The molecule has 1 aliphatic rings. The molecule has 0 spiro atoms. The molecule has 98 valence electrons. The van der Waals surface area contributed by atoms with Gasteiger partial charge in [0, 0.05) is 25.0 Å². The average Bonchev–Trinajstić information content (AvgIpc) is 3.25. The van der Waals surface area contributed by atoms with Crippen molar-refractivity contribution < 1.29 is 0 Å². The number of nitrogens with zero attached hydrogens (tertiary/aromatic N) is 2. The van der Waals surface area contributed by atoms with Gasteiger partial charge in [0.1, 0.15) is 10.1 Å². The summed E-state index contributed by atoms with van der Waals surface area (Å²) in [5.41, 5.74) is 1.22. The van der Waals surface area contributed by atoms with Gasteiger partial charge in [-0.25, -0.2) is 9.97 Å². The smallest absolute Gasteiger partial charge is 0.107 e. The zero-order chi connectivity index (χ0) is 13.1. The van der Waals surface area contributed by atoms with Crippen LogP contribution in [0, 0.1) is 0 Å². The first-order chi connectivity index (χ1) is 9.31. The van der Waals surface area contributed by atoms with Gasteiger partial charge in [0.25, 0.3) is 0 Å². The van der Waals surface area contributed by atoms with Crippen LogP contribution >= 0.6 is 23.4 Å². The summed E-state index contributed by atoms with van der Waals surface area (Å²) < 4.78 is 0. The third-order valence-corrected chi connectivity index (χ3v) is 4.15. The Bertz CT molecular complexity index is 555. The van der Waals surface area contributed by atoms with E-state index in [1.165, 1.54) is 18.4 Å². The normalized spacial score (nSPS) is 14.6. The van der Waals surface area contributed by atoms with Crippen molar-refractivity contribution in [2.45, 2.75) is 35.5 Å². The Labute approximate surface area is 121 Å². The first-order valence-corrected chi connectivity index (χ1v) is 7.47. The largest absolute Gasteiger partial charge is 0.310 e. The lowest BCUT2D eigenvalue weighted by Crippen LogP contribution is -2.16. The van der Waals surface area contributed by atoms with E-state index < -0.39 is 0 Å². The quantitative estimate of drug-likeness (QED) is 0.914. The number of hydrogen-bond donors (Lipinski definition) is 1. The molecule has 2 aromatic heterocycles. The SMILES string of the molecule is Clc1ccc(Sc2ncccc2CNC2CC2)nc1. The molecule has 2 heterocycles. The molecule has 0 amide bonds. The molecule has 0 aromatic carbocycles. The Morgan fingerprint density at radius 1 is 1.26 bits per heavy atom. The summed E-state index contributed by atoms with van der Waals surface area (Å²) in [5.74, 6) is 0. The molecule has 19 heavy (non-hydrogen) atoms. The average molecular weight is 292 g/mol. The first kappa shape index (κ1) is 12.9. The Morgan fingerprint density at radius 2 is 2.16 bits per heavy atom. The third kappa shape index (κ3) is 3.69. The molecule has 1 N–H and O–H groups in total. The van der Waals surface area contributed by atoms with Crippen LogP contribution in [0.4, 0.5) is 0 Å². The molecule has 0 bridgehead atoms. The molecule has 0 aliphatic heterocycles. The fourth-order valence-electron chi connectivity index (χ4n) is 1.71. The highest BCUT2D eigenvalue weighted by Crippen LogP contribution is 2.28. The molecule has 1 aliphatic carbocycles. The lowest BCUT2D eigenvalue weighted by Gasteiger charge is -2.08. The Morgan fingerprint density at radius 3 is 2.89 bits per heavy atom. The summed E-state index contributed by atoms with van der Waals surface area (Å²) in [6.45, 7) is 0.869. The van der Waals surface area contributed by atoms with Crippen molar-refractivity contribution in [3.8, 4) is 0 Å². The molecule has 1 saturated carbocycles. The van der Waals surface area contributed by atoms with Crippen LogP contribution in [0.25, 0.3) is 0 Å². The van der Waals surface area contributed by atoms with Gasteiger partial charge in [0.05, 0.1) is 5.02 Å². The van der Waals surface area contributed by atoms with Crippen molar-refractivity contribution in [2.24, 2.45) is 0 Å². The molecule has 3 nitrogen and oxygen atoms in total. The molecule has 0 saturated heterocycles. The summed E-state index contributed by atoms with van der Waals surface area (Å²) in [6, 6.07) is 8.55. The number of hydrogen-bond acceptors (Lipinski definition) is 4. The summed E-state index contributed by atoms with van der Waals surface area (Å²) in [5, 5.41) is 6.08. The molecule has 1 fully saturated rings. The molecule has 0 radical (unpaired) electrons. The summed E-state index contributed by atoms with van der Waals surface area (Å²) in [7, 11) is 0. The summed E-state index contributed by atoms with van der Waals surface area (Å²) in [4.78, 5) is 8.74. The van der Waals surface area contributed by atoms with E-state index in [9.17, 15) is 0 Å². The number of nitrogens with one attached hydrogen (secondary N) is 1. The van der Waals surface area contributed by atoms with Gasteiger partial charge >= 0.3 is 0 Å². The van der Waals surface area contributed by atoms with Crippen LogP contribution in [0.15, 0.2) is 46.7 Å². The van der Waals surface area contributed by atoms with Crippen molar-refractivity contribution >= 4 is 23.4 Å². The minimum Gasteiger partial charge on any atom is -0.310 e. The molecule has 0 atom stereocenters. The minimum absolute atomic E-state index is 0.654. The topological polar surface area (TPSA) is 37.8 Å². The van der Waals surface area contributed by atoms with Crippen molar-refractivity contribution in [1.29, 1.82) is 0 Å². The molecular formula is C14H14ClN3S. The predicted octanol–water partition coefficient (Wildman–Crippen LogP) is 3.53. The molecule has 3 rings (SSSR count). The summed E-state index contributed by atoms with van der Waals surface area (Å²) in [6.07, 6.45) is 6.07. The number of rotatable bonds is 5. The summed E-state index contributed by atoms with van der Waals surface area (Å²) >= 11 is 7.41. The van der Waals surface area contributed by atoms with Crippen molar-refractivity contribution in [3.63, 3.8) is 0 Å². The van der Waals surface area contributed by atoms with E-state index in [0.717, 1.165) is 16.6 Å². The van der Waals surface area contributed by atoms with Crippen LogP contribution in [0.3, 0.4) is 0 Å². The maximum atomic E-state index is 5.84. The number of pyridine rings is 2. The van der Waals surface area contributed by atoms with E-state index in [4.69, 9.17) is 11.6 Å². The van der Waals surface area contributed by atoms with Gasteiger partial charge in [-0.1, -0.05) is 17.7 Å². The maximum absolute atomic E-state index is 5.84. The van der Waals surface area contributed by atoms with E-state index in [2.05, 4.69) is 21.4 Å². The zero-order valence-electron chi connectivity index (χ0n) is 10.3. The lowest BCUT2D eigenvalue weighted by molar-refractivity contribution is 0.675. The van der Waals surface area contributed by atoms with Gasteiger partial charge < -0.3 is 5.32 Å². The Hall–Kier alpha value is -1.10. The van der Waals surface area contributed by atoms with Gasteiger partial charge in [-0.2, -0.15) is 0 Å². The van der Waals surface area contributed by atoms with Crippen LogP contribution in [0.2, 0.25) is 5.02 Å². The third-order valence-electron chi connectivity index (χ3n) is 2.91. The zero-order valence-corrected chi connectivity index (χ0v) is 11.9. The van der Waals surface area contributed by atoms with Gasteiger partial charge in [-0.15, -0.1) is 0 Å². The van der Waals surface area contributed by atoms with E-state index in [0.29, 0.717) is 11.1 Å². The maximum Gasteiger partial charge on any atom is 0.107 e. The lowest BCUT2D eigenvalue weighted by atomic mass is 10.3. The number of halogens is 1. The Balaban J connectivity index is 1.73. The van der Waals surface area contributed by atoms with E-state index in [1.807, 2.05) is 24.4 Å². The highest BCUT2D eigenvalue weighted by Gasteiger charge is 2.20. The molecule has 0 unspecified atom stereocenters. The second kappa shape index (κ2) is 5.90. The van der Waals surface area contributed by atoms with E-state index in [1.54, 1.807) is 18.0 Å². The van der Waals surface area contributed by atoms with Crippen LogP contribution in [0.1, 0.15) is 18.4 Å². The fraction of sp³-hybridized carbons (Fsp3) is 0.286. The molecular weight excluding hydrogens is 278 g/mol. The van der Waals surface area contributed by atoms with Gasteiger partial charge in [-0.05, 0) is 48.4 Å². The van der Waals surface area contributed by atoms with Crippen molar-refractivity contribution in [3.05, 3.63) is 47.2 Å². The van der Waals surface area contributed by atoms with Crippen LogP contribution in [-0.4, -0.2) is 16.0 Å². The van der Waals surface area contributed by atoms with Gasteiger partial charge in [0.15, 0.2) is 0 Å². The Kier molecular flexibility index (Phi) is 4.01. The first-order valence-electron chi connectivity index (χ1n) is 6.28. The highest BCUT2D eigenvalue weighted by atomic mass is 35.5. The highest BCUT2D eigenvalue weighted by molar-refractivity contribution is 7.99. The predicted molar refractivity (Wildman–Crippen MR) is 77.5 cm³/mol. The van der Waals surface area contributed by atoms with E-state index >= 15 is 0 Å². The molecule has 5 heteroatoms. The standard InChI is InChI=1S/C14H14ClN3S/c15-11-3-6-13(18-9-11)19-14-10(2-1-7-16-14)8-17-12-4-5-12/h1-3,6-7,9,12,17H,4-5,8H2. The fourth-order valence-corrected chi connectivity index (χ4v) is 2.65. The van der Waals surface area contributed by atoms with Crippen LogP contribution in [-0.2, 0) is 6.54 Å². The van der Waals surface area contributed by atoms with Gasteiger partial charge in [-0.3, -0.25) is 0 Å². The second-order valence-electron chi connectivity index (χ2n) is 4.54. The van der Waals surface area contributed by atoms with Crippen molar-refractivity contribution in [2.75, 3.05) is 0 Å². The minimum atomic E-state index is 0.654. The monoisotopic (exact) mass is 291 g/mol.